The molecule has 1 aliphatic heterocycles. The van der Waals surface area contributed by atoms with Crippen molar-refractivity contribution < 1.29 is 4.74 Å². The predicted molar refractivity (Wildman–Crippen MR) is 68.1 cm³/mol. The maximum absolute atomic E-state index is 5.78. The lowest BCUT2D eigenvalue weighted by Crippen LogP contribution is -2.30. The quantitative estimate of drug-likeness (QED) is 0.631. The Morgan fingerprint density at radius 2 is 2.53 bits per heavy atom. The van der Waals surface area contributed by atoms with E-state index in [1.54, 1.807) is 6.20 Å². The van der Waals surface area contributed by atoms with Crippen LogP contribution >= 0.6 is 22.6 Å². The first-order chi connectivity index (χ1) is 7.27. The van der Waals surface area contributed by atoms with Gasteiger partial charge in [-0.15, -0.1) is 0 Å². The van der Waals surface area contributed by atoms with Gasteiger partial charge in [0, 0.05) is 12.2 Å². The molecular formula is C11H15IN2O. The van der Waals surface area contributed by atoms with E-state index in [1.165, 1.54) is 19.4 Å². The van der Waals surface area contributed by atoms with Crippen LogP contribution in [0.25, 0.3) is 0 Å². The van der Waals surface area contributed by atoms with Crippen LogP contribution in [0.1, 0.15) is 12.8 Å². The monoisotopic (exact) mass is 318 g/mol. The Morgan fingerprint density at radius 1 is 1.67 bits per heavy atom. The van der Waals surface area contributed by atoms with Gasteiger partial charge in [-0.3, -0.25) is 0 Å². The second kappa shape index (κ2) is 5.12. The average Bonchev–Trinajstić information content (AvgIpc) is 2.63. The summed E-state index contributed by atoms with van der Waals surface area (Å²) in [7, 11) is 2.16. The number of hydrogen-bond acceptors (Lipinski definition) is 3. The third-order valence-corrected chi connectivity index (χ3v) is 3.64. The van der Waals surface area contributed by atoms with Crippen LogP contribution in [0.2, 0.25) is 0 Å². The minimum atomic E-state index is 0.570. The van der Waals surface area contributed by atoms with E-state index in [2.05, 4.69) is 39.5 Å². The van der Waals surface area contributed by atoms with Crippen molar-refractivity contribution in [1.82, 2.24) is 9.88 Å². The van der Waals surface area contributed by atoms with Crippen LogP contribution in [0.4, 0.5) is 0 Å². The molecule has 0 spiro atoms. The van der Waals surface area contributed by atoms with Crippen LogP contribution in [0.3, 0.4) is 0 Å². The lowest BCUT2D eigenvalue weighted by molar-refractivity contribution is 0.197. The van der Waals surface area contributed by atoms with Gasteiger partial charge >= 0.3 is 0 Å². The number of nitrogens with zero attached hydrogens (tertiary/aromatic N) is 2. The van der Waals surface area contributed by atoms with E-state index in [-0.39, 0.29) is 0 Å². The first-order valence-electron chi connectivity index (χ1n) is 5.21. The number of halogens is 1. The molecule has 0 radical (unpaired) electrons. The molecule has 1 atom stereocenters. The molecule has 0 saturated carbocycles. The van der Waals surface area contributed by atoms with Crippen LogP contribution in [0.15, 0.2) is 18.3 Å². The maximum atomic E-state index is 5.78. The zero-order valence-electron chi connectivity index (χ0n) is 8.82. The Balaban J connectivity index is 1.90. The minimum absolute atomic E-state index is 0.570. The van der Waals surface area contributed by atoms with Gasteiger partial charge in [0.2, 0.25) is 0 Å². The molecule has 2 heterocycles. The first kappa shape index (κ1) is 11.1. The summed E-state index contributed by atoms with van der Waals surface area (Å²) in [5.41, 5.74) is 0. The van der Waals surface area contributed by atoms with E-state index >= 15 is 0 Å². The van der Waals surface area contributed by atoms with Crippen LogP contribution in [-0.2, 0) is 0 Å². The summed E-state index contributed by atoms with van der Waals surface area (Å²) in [6.07, 6.45) is 4.32. The van der Waals surface area contributed by atoms with E-state index in [4.69, 9.17) is 4.74 Å². The second-order valence-corrected chi connectivity index (χ2v) is 4.90. The van der Waals surface area contributed by atoms with E-state index in [9.17, 15) is 0 Å². The van der Waals surface area contributed by atoms with E-state index in [0.29, 0.717) is 6.04 Å². The zero-order valence-corrected chi connectivity index (χ0v) is 11.0. The van der Waals surface area contributed by atoms with Crippen molar-refractivity contribution in [3.8, 4) is 5.75 Å². The topological polar surface area (TPSA) is 25.4 Å². The molecule has 1 aliphatic rings. The fraction of sp³-hybridized carbons (Fsp3) is 0.545. The van der Waals surface area contributed by atoms with Crippen molar-refractivity contribution >= 4 is 22.6 Å². The highest BCUT2D eigenvalue weighted by molar-refractivity contribution is 14.1. The molecule has 1 saturated heterocycles. The van der Waals surface area contributed by atoms with Crippen molar-refractivity contribution in [2.24, 2.45) is 0 Å². The lowest BCUT2D eigenvalue weighted by atomic mass is 10.2. The van der Waals surface area contributed by atoms with E-state index in [0.717, 1.165) is 16.1 Å². The minimum Gasteiger partial charge on any atom is -0.489 e. The molecule has 82 valence electrons. The molecule has 2 rings (SSSR count). The molecule has 4 heteroatoms. The highest BCUT2D eigenvalue weighted by Gasteiger charge is 2.21. The summed E-state index contributed by atoms with van der Waals surface area (Å²) in [5, 5.41) is 0. The zero-order chi connectivity index (χ0) is 10.7. The molecule has 0 unspecified atom stereocenters. The number of pyridine rings is 1. The van der Waals surface area contributed by atoms with Crippen LogP contribution in [0, 0.1) is 3.70 Å². The summed E-state index contributed by atoms with van der Waals surface area (Å²) in [4.78, 5) is 6.56. The van der Waals surface area contributed by atoms with E-state index in [1.807, 2.05) is 12.1 Å². The van der Waals surface area contributed by atoms with Crippen molar-refractivity contribution in [1.29, 1.82) is 0 Å². The smallest absolute Gasteiger partial charge is 0.151 e. The van der Waals surface area contributed by atoms with Gasteiger partial charge in [0.15, 0.2) is 5.75 Å². The Hall–Kier alpha value is -0.360. The van der Waals surface area contributed by atoms with Gasteiger partial charge in [-0.1, -0.05) is 0 Å². The Labute approximate surface area is 104 Å². The summed E-state index contributed by atoms with van der Waals surface area (Å²) in [6, 6.07) is 4.46. The molecule has 1 aromatic rings. The number of likely N-dealkylation sites (tertiary alicyclic amines) is 1. The van der Waals surface area contributed by atoms with Gasteiger partial charge in [0.1, 0.15) is 10.3 Å². The Kier molecular flexibility index (Phi) is 3.80. The fourth-order valence-electron chi connectivity index (χ4n) is 1.85. The van der Waals surface area contributed by atoms with Gasteiger partial charge in [-0.2, -0.15) is 0 Å². The molecule has 0 bridgehead atoms. The molecule has 0 aliphatic carbocycles. The van der Waals surface area contributed by atoms with Crippen LogP contribution in [-0.4, -0.2) is 36.1 Å². The second-order valence-electron chi connectivity index (χ2n) is 3.88. The van der Waals surface area contributed by atoms with Crippen LogP contribution in [0.5, 0.6) is 5.75 Å². The van der Waals surface area contributed by atoms with Gasteiger partial charge in [0.05, 0.1) is 0 Å². The number of likely N-dealkylation sites (N-methyl/N-ethyl adjacent to an activating group) is 1. The van der Waals surface area contributed by atoms with Gasteiger partial charge < -0.3 is 9.64 Å². The Morgan fingerprint density at radius 3 is 3.20 bits per heavy atom. The average molecular weight is 318 g/mol. The molecule has 1 aromatic heterocycles. The highest BCUT2D eigenvalue weighted by Crippen LogP contribution is 2.20. The molecule has 3 nitrogen and oxygen atoms in total. The number of ether oxygens (including phenoxy) is 1. The number of rotatable bonds is 3. The van der Waals surface area contributed by atoms with Crippen molar-refractivity contribution in [2.75, 3.05) is 20.2 Å². The largest absolute Gasteiger partial charge is 0.489 e. The fourth-order valence-corrected chi connectivity index (χ4v) is 2.35. The summed E-state index contributed by atoms with van der Waals surface area (Å²) < 4.78 is 6.72. The standard InChI is InChI=1S/C11H15IN2O/c1-14-7-3-4-9(14)8-15-10-5-2-6-13-11(10)12/h2,5-6,9H,3-4,7-8H2,1H3/t9-/m0/s1. The molecule has 15 heavy (non-hydrogen) atoms. The van der Waals surface area contributed by atoms with Crippen molar-refractivity contribution in [3.05, 3.63) is 22.0 Å². The first-order valence-corrected chi connectivity index (χ1v) is 6.29. The number of hydrogen-bond donors (Lipinski definition) is 0. The van der Waals surface area contributed by atoms with Crippen LogP contribution < -0.4 is 4.74 Å². The Bertz CT molecular complexity index is 332. The van der Waals surface area contributed by atoms with E-state index < -0.39 is 0 Å². The summed E-state index contributed by atoms with van der Waals surface area (Å²) in [5.74, 6) is 0.901. The van der Waals surface area contributed by atoms with Crippen molar-refractivity contribution in [2.45, 2.75) is 18.9 Å². The third kappa shape index (κ3) is 2.81. The van der Waals surface area contributed by atoms with Gasteiger partial charge in [-0.25, -0.2) is 4.98 Å². The molecule has 0 N–H and O–H groups in total. The molecule has 0 aromatic carbocycles. The van der Waals surface area contributed by atoms with Gasteiger partial charge in [0.25, 0.3) is 0 Å². The molecule has 0 amide bonds. The molecule has 1 fully saturated rings. The maximum Gasteiger partial charge on any atom is 0.151 e. The predicted octanol–water partition coefficient (Wildman–Crippen LogP) is 2.16. The molecular weight excluding hydrogens is 303 g/mol. The van der Waals surface area contributed by atoms with Gasteiger partial charge in [-0.05, 0) is 61.2 Å². The third-order valence-electron chi connectivity index (χ3n) is 2.83. The summed E-state index contributed by atoms with van der Waals surface area (Å²) >= 11 is 2.20. The van der Waals surface area contributed by atoms with Crippen molar-refractivity contribution in [3.63, 3.8) is 0 Å². The normalized spacial score (nSPS) is 21.9. The SMILES string of the molecule is CN1CCC[C@H]1COc1cccnc1I. The number of aromatic nitrogens is 1. The summed E-state index contributed by atoms with van der Waals surface area (Å²) in [6.45, 7) is 1.97. The highest BCUT2D eigenvalue weighted by atomic mass is 127. The lowest BCUT2D eigenvalue weighted by Gasteiger charge is -2.19.